The molecule has 0 radical (unpaired) electrons. The van der Waals surface area contributed by atoms with Crippen LogP contribution in [0.4, 0.5) is 10.7 Å². The third-order valence-electron chi connectivity index (χ3n) is 2.82. The summed E-state index contributed by atoms with van der Waals surface area (Å²) in [5.74, 6) is 1.05. The highest BCUT2D eigenvalue weighted by Gasteiger charge is 2.26. The number of rotatable bonds is 6. The van der Waals surface area contributed by atoms with Crippen molar-refractivity contribution in [2.45, 2.75) is 33.8 Å². The molecule has 0 unspecified atom stereocenters. The molecule has 0 spiro atoms. The molecule has 0 bridgehead atoms. The number of thiophene rings is 1. The van der Waals surface area contributed by atoms with Gasteiger partial charge in [0.05, 0.1) is 6.10 Å². The average Bonchev–Trinajstić information content (AvgIpc) is 2.65. The van der Waals surface area contributed by atoms with E-state index in [1.165, 1.54) is 16.2 Å². The number of amides is 1. The summed E-state index contributed by atoms with van der Waals surface area (Å²) in [5.41, 5.74) is 6.61. The van der Waals surface area contributed by atoms with Crippen molar-refractivity contribution in [2.24, 2.45) is 5.92 Å². The van der Waals surface area contributed by atoms with Gasteiger partial charge in [-0.1, -0.05) is 13.8 Å². The lowest BCUT2D eigenvalue weighted by Gasteiger charge is -2.22. The predicted octanol–water partition coefficient (Wildman–Crippen LogP) is 2.91. The van der Waals surface area contributed by atoms with Crippen LogP contribution in [0, 0.1) is 5.92 Å². The zero-order valence-corrected chi connectivity index (χ0v) is 14.9. The van der Waals surface area contributed by atoms with E-state index in [-0.39, 0.29) is 12.0 Å². The molecule has 21 heavy (non-hydrogen) atoms. The van der Waals surface area contributed by atoms with Gasteiger partial charge in [0.15, 0.2) is 5.75 Å². The Hall–Kier alpha value is -1.43. The summed E-state index contributed by atoms with van der Waals surface area (Å²) in [6, 6.07) is 0. The first-order chi connectivity index (χ1) is 9.65. The molecule has 0 aliphatic heterocycles. The molecule has 1 amide bonds. The van der Waals surface area contributed by atoms with Gasteiger partial charge in [0.1, 0.15) is 15.6 Å². The molecule has 0 aromatic carbocycles. The van der Waals surface area contributed by atoms with Crippen molar-refractivity contribution in [3.05, 3.63) is 4.88 Å². The molecule has 0 saturated heterocycles. The highest BCUT2D eigenvalue weighted by atomic mass is 32.1. The SMILES string of the molecule is CC(C)CN(C)c1sc(C(=O)N(C)C)c(N)c1OC(C)C. The minimum atomic E-state index is -0.0877. The van der Waals surface area contributed by atoms with Gasteiger partial charge in [0.25, 0.3) is 5.91 Å². The van der Waals surface area contributed by atoms with Crippen LogP contribution in [0.3, 0.4) is 0 Å². The quantitative estimate of drug-likeness (QED) is 0.877. The van der Waals surface area contributed by atoms with Crippen LogP contribution < -0.4 is 15.4 Å². The number of anilines is 2. The Bertz CT molecular complexity index is 495. The van der Waals surface area contributed by atoms with E-state index in [9.17, 15) is 4.79 Å². The Morgan fingerprint density at radius 1 is 1.24 bits per heavy atom. The molecule has 0 aliphatic carbocycles. The van der Waals surface area contributed by atoms with E-state index in [0.717, 1.165) is 11.5 Å². The van der Waals surface area contributed by atoms with Crippen LogP contribution in [0.5, 0.6) is 5.75 Å². The molecular formula is C15H27N3O2S. The Morgan fingerprint density at radius 2 is 1.81 bits per heavy atom. The molecule has 1 aromatic rings. The maximum absolute atomic E-state index is 12.2. The van der Waals surface area contributed by atoms with Gasteiger partial charge >= 0.3 is 0 Å². The molecular weight excluding hydrogens is 286 g/mol. The molecule has 1 heterocycles. The fourth-order valence-corrected chi connectivity index (χ4v) is 3.16. The van der Waals surface area contributed by atoms with Crippen molar-refractivity contribution in [2.75, 3.05) is 38.3 Å². The van der Waals surface area contributed by atoms with Gasteiger partial charge in [-0.3, -0.25) is 4.79 Å². The first kappa shape index (κ1) is 17.6. The highest BCUT2D eigenvalue weighted by Crippen LogP contribution is 2.45. The number of nitrogens with zero attached hydrogens (tertiary/aromatic N) is 2. The van der Waals surface area contributed by atoms with E-state index >= 15 is 0 Å². The highest BCUT2D eigenvalue weighted by molar-refractivity contribution is 7.19. The molecule has 120 valence electrons. The largest absolute Gasteiger partial charge is 0.486 e. The molecule has 0 atom stereocenters. The summed E-state index contributed by atoms with van der Waals surface area (Å²) >= 11 is 1.40. The Morgan fingerprint density at radius 3 is 2.24 bits per heavy atom. The number of ether oxygens (including phenoxy) is 1. The molecule has 5 nitrogen and oxygen atoms in total. The Kier molecular flexibility index (Phi) is 5.89. The third kappa shape index (κ3) is 4.27. The lowest BCUT2D eigenvalue weighted by Crippen LogP contribution is -2.22. The molecule has 6 heteroatoms. The lowest BCUT2D eigenvalue weighted by molar-refractivity contribution is 0.0832. The summed E-state index contributed by atoms with van der Waals surface area (Å²) < 4.78 is 5.86. The fourth-order valence-electron chi connectivity index (χ4n) is 2.01. The second kappa shape index (κ2) is 7.02. The number of nitrogens with two attached hydrogens (primary N) is 1. The Labute approximate surface area is 131 Å². The average molecular weight is 313 g/mol. The van der Waals surface area contributed by atoms with E-state index in [0.29, 0.717) is 22.2 Å². The number of carbonyl (C=O) groups excluding carboxylic acids is 1. The molecule has 0 aliphatic rings. The normalized spacial score (nSPS) is 11.1. The van der Waals surface area contributed by atoms with Gasteiger partial charge in [0.2, 0.25) is 0 Å². The van der Waals surface area contributed by atoms with Gasteiger partial charge in [-0.05, 0) is 19.8 Å². The standard InChI is InChI=1S/C15H27N3O2S/c1-9(2)8-18(7)15-12(20-10(3)4)11(16)13(21-15)14(19)17(5)6/h9-10H,8,16H2,1-7H3. The van der Waals surface area contributed by atoms with Crippen LogP contribution in [0.2, 0.25) is 0 Å². The summed E-state index contributed by atoms with van der Waals surface area (Å²) in [5, 5.41) is 0.917. The van der Waals surface area contributed by atoms with Crippen molar-refractivity contribution >= 4 is 27.9 Å². The van der Waals surface area contributed by atoms with E-state index in [4.69, 9.17) is 10.5 Å². The minimum absolute atomic E-state index is 0.00964. The van der Waals surface area contributed by atoms with Crippen LogP contribution in [-0.4, -0.2) is 44.6 Å². The van der Waals surface area contributed by atoms with Crippen molar-refractivity contribution < 1.29 is 9.53 Å². The van der Waals surface area contributed by atoms with Crippen LogP contribution in [0.15, 0.2) is 0 Å². The van der Waals surface area contributed by atoms with Gasteiger partial charge in [-0.2, -0.15) is 0 Å². The zero-order valence-electron chi connectivity index (χ0n) is 14.1. The topological polar surface area (TPSA) is 58.8 Å². The third-order valence-corrected chi connectivity index (χ3v) is 4.11. The molecule has 2 N–H and O–H groups in total. The second-order valence-electron chi connectivity index (χ2n) is 6.12. The molecule has 0 saturated carbocycles. The zero-order chi connectivity index (χ0) is 16.3. The van der Waals surface area contributed by atoms with Crippen LogP contribution >= 0.6 is 11.3 Å². The van der Waals surface area contributed by atoms with E-state index < -0.39 is 0 Å². The lowest BCUT2D eigenvalue weighted by atomic mass is 10.2. The van der Waals surface area contributed by atoms with E-state index in [2.05, 4.69) is 18.7 Å². The summed E-state index contributed by atoms with van der Waals surface area (Å²) in [7, 11) is 5.45. The second-order valence-corrected chi connectivity index (χ2v) is 7.12. The maximum Gasteiger partial charge on any atom is 0.265 e. The van der Waals surface area contributed by atoms with Gasteiger partial charge < -0.3 is 20.3 Å². The number of hydrogen-bond acceptors (Lipinski definition) is 5. The minimum Gasteiger partial charge on any atom is -0.486 e. The maximum atomic E-state index is 12.2. The number of carbonyl (C=O) groups is 1. The van der Waals surface area contributed by atoms with Crippen molar-refractivity contribution in [1.82, 2.24) is 4.90 Å². The molecule has 0 fully saturated rings. The van der Waals surface area contributed by atoms with Crippen LogP contribution in [-0.2, 0) is 0 Å². The summed E-state index contributed by atoms with van der Waals surface area (Å²) in [4.78, 5) is 16.4. The first-order valence-corrected chi connectivity index (χ1v) is 7.98. The predicted molar refractivity (Wildman–Crippen MR) is 90.6 cm³/mol. The van der Waals surface area contributed by atoms with Gasteiger partial charge in [-0.15, -0.1) is 11.3 Å². The molecule has 1 rings (SSSR count). The van der Waals surface area contributed by atoms with Crippen molar-refractivity contribution in [3.8, 4) is 5.75 Å². The number of nitrogen functional groups attached to an aromatic ring is 1. The first-order valence-electron chi connectivity index (χ1n) is 7.16. The Balaban J connectivity index is 3.27. The monoisotopic (exact) mass is 313 g/mol. The fraction of sp³-hybridized carbons (Fsp3) is 0.667. The summed E-state index contributed by atoms with van der Waals surface area (Å²) in [6.45, 7) is 9.10. The van der Waals surface area contributed by atoms with E-state index in [1.54, 1.807) is 14.1 Å². The van der Waals surface area contributed by atoms with Crippen molar-refractivity contribution in [3.63, 3.8) is 0 Å². The van der Waals surface area contributed by atoms with E-state index in [1.807, 2.05) is 20.9 Å². The number of hydrogen-bond donors (Lipinski definition) is 1. The van der Waals surface area contributed by atoms with Crippen molar-refractivity contribution in [1.29, 1.82) is 0 Å². The molecule has 1 aromatic heterocycles. The van der Waals surface area contributed by atoms with Crippen LogP contribution in [0.25, 0.3) is 0 Å². The van der Waals surface area contributed by atoms with Gasteiger partial charge in [0, 0.05) is 27.7 Å². The smallest absolute Gasteiger partial charge is 0.265 e. The van der Waals surface area contributed by atoms with Gasteiger partial charge in [-0.25, -0.2) is 0 Å². The van der Waals surface area contributed by atoms with Crippen LogP contribution in [0.1, 0.15) is 37.4 Å². The summed E-state index contributed by atoms with van der Waals surface area (Å²) in [6.07, 6.45) is 0.00964.